The van der Waals surface area contributed by atoms with Gasteiger partial charge in [0.1, 0.15) is 11.5 Å². The van der Waals surface area contributed by atoms with E-state index in [2.05, 4.69) is 5.10 Å². The maximum absolute atomic E-state index is 14.0. The van der Waals surface area contributed by atoms with E-state index >= 15 is 0 Å². The van der Waals surface area contributed by atoms with Crippen LogP contribution in [-0.4, -0.2) is 40.2 Å². The van der Waals surface area contributed by atoms with E-state index in [-0.39, 0.29) is 36.6 Å². The molecule has 1 aromatic heterocycles. The molecule has 1 unspecified atom stereocenters. The van der Waals surface area contributed by atoms with Gasteiger partial charge in [0, 0.05) is 19.6 Å². The molecule has 5 nitrogen and oxygen atoms in total. The Hall–Kier alpha value is -2.13. The fourth-order valence-electron chi connectivity index (χ4n) is 2.57. The molecule has 2 aromatic rings. The van der Waals surface area contributed by atoms with Crippen molar-refractivity contribution in [3.8, 4) is 5.69 Å². The predicted octanol–water partition coefficient (Wildman–Crippen LogP) is 3.90. The van der Waals surface area contributed by atoms with Crippen LogP contribution in [0.4, 0.5) is 17.6 Å². The molecule has 10 heteroatoms. The fourth-order valence-corrected chi connectivity index (χ4v) is 2.57. The van der Waals surface area contributed by atoms with Crippen LogP contribution < -0.4 is 5.73 Å². The van der Waals surface area contributed by atoms with Gasteiger partial charge in [0.25, 0.3) is 5.91 Å². The molecule has 1 heterocycles. The summed E-state index contributed by atoms with van der Waals surface area (Å²) in [4.78, 5) is 13.7. The smallest absolute Gasteiger partial charge is 0.342 e. The Morgan fingerprint density at radius 2 is 1.89 bits per heavy atom. The van der Waals surface area contributed by atoms with Gasteiger partial charge in [-0.1, -0.05) is 26.0 Å². The molecule has 1 atom stereocenters. The van der Waals surface area contributed by atoms with E-state index in [1.54, 1.807) is 0 Å². The van der Waals surface area contributed by atoms with Crippen LogP contribution in [-0.2, 0) is 6.18 Å². The summed E-state index contributed by atoms with van der Waals surface area (Å²) in [6.45, 7) is 4.04. The number of aromatic nitrogens is 2. The summed E-state index contributed by atoms with van der Waals surface area (Å²) in [7, 11) is 1.40. The highest BCUT2D eigenvalue weighted by Crippen LogP contribution is 2.34. The first kappa shape index (κ1) is 23.9. The van der Waals surface area contributed by atoms with Gasteiger partial charge in [-0.05, 0) is 24.5 Å². The number of hydrogen-bond donors (Lipinski definition) is 1. The number of amides is 1. The summed E-state index contributed by atoms with van der Waals surface area (Å²) in [5.74, 6) is -1.54. The van der Waals surface area contributed by atoms with Crippen molar-refractivity contribution < 1.29 is 22.4 Å². The van der Waals surface area contributed by atoms with E-state index in [1.807, 2.05) is 13.8 Å². The lowest BCUT2D eigenvalue weighted by molar-refractivity contribution is -0.143. The molecule has 0 fully saturated rings. The predicted molar refractivity (Wildman–Crippen MR) is 100 cm³/mol. The number of nitrogens with two attached hydrogens (primary N) is 1. The summed E-state index contributed by atoms with van der Waals surface area (Å²) < 4.78 is 55.3. The summed E-state index contributed by atoms with van der Waals surface area (Å²) in [6, 6.07) is 4.76. The van der Waals surface area contributed by atoms with Gasteiger partial charge < -0.3 is 10.6 Å². The molecular formula is C18H23ClF4N4O. The van der Waals surface area contributed by atoms with Crippen LogP contribution in [0.2, 0.25) is 0 Å². The molecule has 0 aliphatic heterocycles. The molecule has 0 aliphatic carbocycles. The summed E-state index contributed by atoms with van der Waals surface area (Å²) in [5, 5.41) is 3.63. The van der Waals surface area contributed by atoms with Crippen LogP contribution in [0.3, 0.4) is 0 Å². The second-order valence-corrected chi connectivity index (χ2v) is 6.69. The number of para-hydroxylation sites is 1. The maximum Gasteiger partial charge on any atom is 0.434 e. The average Bonchev–Trinajstić information content (AvgIpc) is 3.04. The molecule has 1 amide bonds. The van der Waals surface area contributed by atoms with Gasteiger partial charge in [-0.15, -0.1) is 12.4 Å². The first-order valence-electron chi connectivity index (χ1n) is 8.45. The zero-order valence-corrected chi connectivity index (χ0v) is 16.5. The Morgan fingerprint density at radius 1 is 1.29 bits per heavy atom. The quantitative estimate of drug-likeness (QED) is 0.718. The Kier molecular flexibility index (Phi) is 8.01. The third-order valence-electron chi connectivity index (χ3n) is 4.35. The van der Waals surface area contributed by atoms with Gasteiger partial charge in [0.15, 0.2) is 5.69 Å². The minimum Gasteiger partial charge on any atom is -0.342 e. The highest BCUT2D eigenvalue weighted by atomic mass is 35.5. The SMILES string of the molecule is CC(C)C(N)CCN(C)C(=O)c1cnn(-c2ccccc2F)c1C(F)(F)F.Cl. The second-order valence-electron chi connectivity index (χ2n) is 6.69. The minimum absolute atomic E-state index is 0. The molecule has 28 heavy (non-hydrogen) atoms. The number of rotatable bonds is 6. The summed E-state index contributed by atoms with van der Waals surface area (Å²) in [5.41, 5.74) is 3.60. The minimum atomic E-state index is -4.89. The molecule has 0 radical (unpaired) electrons. The summed E-state index contributed by atoms with van der Waals surface area (Å²) >= 11 is 0. The number of alkyl halides is 3. The van der Waals surface area contributed by atoms with Crippen molar-refractivity contribution >= 4 is 18.3 Å². The van der Waals surface area contributed by atoms with Gasteiger partial charge in [-0.2, -0.15) is 18.3 Å². The van der Waals surface area contributed by atoms with Crippen LogP contribution in [0.25, 0.3) is 5.69 Å². The zero-order chi connectivity index (χ0) is 20.4. The van der Waals surface area contributed by atoms with Gasteiger partial charge in [0.05, 0.1) is 11.8 Å². The molecule has 2 N–H and O–H groups in total. The van der Waals surface area contributed by atoms with Gasteiger partial charge in [-0.3, -0.25) is 4.79 Å². The van der Waals surface area contributed by atoms with E-state index in [0.717, 1.165) is 18.3 Å². The lowest BCUT2D eigenvalue weighted by Crippen LogP contribution is -2.35. The molecule has 0 bridgehead atoms. The molecule has 156 valence electrons. The Bertz CT molecular complexity index is 807. The molecule has 1 aromatic carbocycles. The van der Waals surface area contributed by atoms with E-state index in [0.29, 0.717) is 11.1 Å². The van der Waals surface area contributed by atoms with Crippen LogP contribution in [0.1, 0.15) is 36.3 Å². The second kappa shape index (κ2) is 9.38. The van der Waals surface area contributed by atoms with Crippen molar-refractivity contribution in [2.24, 2.45) is 11.7 Å². The van der Waals surface area contributed by atoms with Crippen LogP contribution in [0, 0.1) is 11.7 Å². The van der Waals surface area contributed by atoms with Gasteiger partial charge >= 0.3 is 6.18 Å². The van der Waals surface area contributed by atoms with E-state index in [1.165, 1.54) is 24.1 Å². The standard InChI is InChI=1S/C18H22F4N4O.ClH/c1-11(2)14(23)8-9-25(3)17(27)12-10-24-26(16(12)18(20,21)22)15-7-5-4-6-13(15)19;/h4-7,10-11,14H,8-9,23H2,1-3H3;1H. The number of benzene rings is 1. The first-order valence-corrected chi connectivity index (χ1v) is 8.45. The molecule has 0 saturated carbocycles. The van der Waals surface area contributed by atoms with E-state index < -0.39 is 29.2 Å². The van der Waals surface area contributed by atoms with E-state index in [4.69, 9.17) is 5.73 Å². The number of nitrogens with zero attached hydrogens (tertiary/aromatic N) is 3. The van der Waals surface area contributed by atoms with Gasteiger partial charge in [0.2, 0.25) is 0 Å². The van der Waals surface area contributed by atoms with E-state index in [9.17, 15) is 22.4 Å². The molecule has 0 aliphatic rings. The average molecular weight is 423 g/mol. The topological polar surface area (TPSA) is 64.2 Å². The number of carbonyl (C=O) groups excluding carboxylic acids is 1. The highest BCUT2D eigenvalue weighted by Gasteiger charge is 2.41. The largest absolute Gasteiger partial charge is 0.434 e. The first-order chi connectivity index (χ1) is 12.5. The fraction of sp³-hybridized carbons (Fsp3) is 0.444. The normalized spacial score (nSPS) is 12.6. The lowest BCUT2D eigenvalue weighted by Gasteiger charge is -2.22. The number of halogens is 5. The monoisotopic (exact) mass is 422 g/mol. The summed E-state index contributed by atoms with van der Waals surface area (Å²) in [6.07, 6.45) is -3.63. The molecule has 2 rings (SSSR count). The third kappa shape index (κ3) is 5.23. The Morgan fingerprint density at radius 3 is 2.43 bits per heavy atom. The lowest BCUT2D eigenvalue weighted by atomic mass is 10.0. The van der Waals surface area contributed by atoms with Crippen molar-refractivity contribution in [3.05, 3.63) is 47.5 Å². The van der Waals surface area contributed by atoms with Gasteiger partial charge in [-0.25, -0.2) is 9.07 Å². The van der Waals surface area contributed by atoms with Crippen molar-refractivity contribution in [2.45, 2.75) is 32.5 Å². The van der Waals surface area contributed by atoms with Crippen LogP contribution >= 0.6 is 12.4 Å². The molecular weight excluding hydrogens is 400 g/mol. The Balaban J connectivity index is 0.00000392. The van der Waals surface area contributed by atoms with Crippen molar-refractivity contribution in [1.82, 2.24) is 14.7 Å². The molecule has 0 spiro atoms. The van der Waals surface area contributed by atoms with Crippen molar-refractivity contribution in [3.63, 3.8) is 0 Å². The van der Waals surface area contributed by atoms with Crippen molar-refractivity contribution in [2.75, 3.05) is 13.6 Å². The highest BCUT2D eigenvalue weighted by molar-refractivity contribution is 5.95. The number of hydrogen-bond acceptors (Lipinski definition) is 3. The maximum atomic E-state index is 14.0. The van der Waals surface area contributed by atoms with Crippen molar-refractivity contribution in [1.29, 1.82) is 0 Å². The van der Waals surface area contributed by atoms with Crippen LogP contribution in [0.5, 0.6) is 0 Å². The van der Waals surface area contributed by atoms with Crippen LogP contribution in [0.15, 0.2) is 30.5 Å². The number of carbonyl (C=O) groups is 1. The zero-order valence-electron chi connectivity index (χ0n) is 15.7. The third-order valence-corrected chi connectivity index (χ3v) is 4.35. The molecule has 0 saturated heterocycles. The Labute approximate surface area is 166 Å².